The summed E-state index contributed by atoms with van der Waals surface area (Å²) in [4.78, 5) is 0. The van der Waals surface area contributed by atoms with Gasteiger partial charge in [-0.1, -0.05) is 0 Å². The molecule has 4 heteroatoms. The van der Waals surface area contributed by atoms with E-state index in [2.05, 4.69) is 119 Å². The number of hydrogen-bond donors (Lipinski definition) is 0. The van der Waals surface area contributed by atoms with Gasteiger partial charge in [-0.3, -0.25) is 0 Å². The van der Waals surface area contributed by atoms with Crippen LogP contribution in [-0.4, -0.2) is 38.8 Å². The molecule has 2 rings (SSSR count). The zero-order valence-corrected chi connectivity index (χ0v) is 20.6. The molecule has 0 aliphatic rings. The predicted molar refractivity (Wildman–Crippen MR) is 136 cm³/mol. The molecule has 0 unspecified atom stereocenters. The van der Waals surface area contributed by atoms with Crippen LogP contribution in [0.3, 0.4) is 0 Å². The Morgan fingerprint density at radius 3 is 1.12 bits per heavy atom. The molecule has 0 nitrogen and oxygen atoms in total. The monoisotopic (exact) mass is 386 g/mol. The van der Waals surface area contributed by atoms with Crippen molar-refractivity contribution in [2.45, 2.75) is 51.9 Å². The van der Waals surface area contributed by atoms with Crippen LogP contribution in [0.1, 0.15) is 41.5 Å². The van der Waals surface area contributed by atoms with Crippen molar-refractivity contribution in [3.63, 3.8) is 0 Å². The summed E-state index contributed by atoms with van der Waals surface area (Å²) in [6.07, 6.45) is 0. The van der Waals surface area contributed by atoms with Gasteiger partial charge in [-0.2, -0.15) is 0 Å². The first kappa shape index (κ1) is 21.7. The summed E-state index contributed by atoms with van der Waals surface area (Å²) in [6, 6.07) is 18.4. The zero-order chi connectivity index (χ0) is 20.0. The minimum atomic E-state index is -1.62. The van der Waals surface area contributed by atoms with Crippen molar-refractivity contribution >= 4 is 40.0 Å². The Bertz CT molecular complexity index is 714. The second kappa shape index (κ2) is 7.11. The van der Waals surface area contributed by atoms with E-state index in [0.29, 0.717) is 10.3 Å². The maximum atomic E-state index is 2.53. The van der Waals surface area contributed by atoms with E-state index in [0.717, 1.165) is 0 Å². The van der Waals surface area contributed by atoms with E-state index < -0.39 is 14.3 Å². The molecule has 0 amide bonds. The summed E-state index contributed by atoms with van der Waals surface area (Å²) < 4.78 is 0. The van der Waals surface area contributed by atoms with Gasteiger partial charge in [-0.05, 0) is 0 Å². The molecule has 2 aromatic carbocycles. The predicted octanol–water partition coefficient (Wildman–Crippen LogP) is 4.06. The summed E-state index contributed by atoms with van der Waals surface area (Å²) in [5, 5.41) is 3.85. The molecule has 0 bridgehead atoms. The van der Waals surface area contributed by atoms with Crippen molar-refractivity contribution in [2.75, 3.05) is 13.3 Å². The number of benzene rings is 2. The molecule has 0 fully saturated rings. The Labute approximate surface area is 165 Å². The SMILES string of the molecule is B[PH](C)(c1ccccc1-c1ccccc1[PH](B)(C)C(C)(C)C)C(C)(C)C. The van der Waals surface area contributed by atoms with E-state index >= 15 is 0 Å². The van der Waals surface area contributed by atoms with Crippen molar-refractivity contribution in [3.8, 4) is 11.1 Å². The topological polar surface area (TPSA) is 0 Å². The van der Waals surface area contributed by atoms with Crippen LogP contribution >= 0.6 is 14.3 Å². The quantitative estimate of drug-likeness (QED) is 0.552. The van der Waals surface area contributed by atoms with E-state index in [-0.39, 0.29) is 0 Å². The van der Waals surface area contributed by atoms with Gasteiger partial charge in [0, 0.05) is 0 Å². The van der Waals surface area contributed by atoms with Gasteiger partial charge in [0.1, 0.15) is 0 Å². The van der Waals surface area contributed by atoms with Crippen molar-refractivity contribution in [2.24, 2.45) is 0 Å². The van der Waals surface area contributed by atoms with Crippen LogP contribution < -0.4 is 10.6 Å². The second-order valence-corrected chi connectivity index (χ2v) is 21.4. The van der Waals surface area contributed by atoms with Crippen molar-refractivity contribution in [1.82, 2.24) is 0 Å². The van der Waals surface area contributed by atoms with Crippen molar-refractivity contribution in [1.29, 1.82) is 0 Å². The first-order chi connectivity index (χ1) is 11.7. The third-order valence-electron chi connectivity index (χ3n) is 7.24. The van der Waals surface area contributed by atoms with E-state index in [4.69, 9.17) is 0 Å². The van der Waals surface area contributed by atoms with Gasteiger partial charge < -0.3 is 0 Å². The average Bonchev–Trinajstić information content (AvgIpc) is 2.52. The van der Waals surface area contributed by atoms with Gasteiger partial charge in [-0.15, -0.1) is 0 Å². The van der Waals surface area contributed by atoms with E-state index in [9.17, 15) is 0 Å². The Kier molecular flexibility index (Phi) is 5.94. The molecule has 0 spiro atoms. The van der Waals surface area contributed by atoms with E-state index in [1.165, 1.54) is 11.1 Å². The molecule has 0 radical (unpaired) electrons. The second-order valence-electron chi connectivity index (χ2n) is 10.8. The molecular weight excluding hydrogens is 348 g/mol. The van der Waals surface area contributed by atoms with Crippen LogP contribution in [0.2, 0.25) is 0 Å². The molecule has 0 heterocycles. The van der Waals surface area contributed by atoms with Crippen LogP contribution in [0.25, 0.3) is 11.1 Å². The zero-order valence-electron chi connectivity index (χ0n) is 18.6. The minimum absolute atomic E-state index is 0.328. The van der Waals surface area contributed by atoms with Gasteiger partial charge in [0.15, 0.2) is 0 Å². The first-order valence-electron chi connectivity index (χ1n) is 9.90. The maximum absolute atomic E-state index is 2.53. The molecule has 0 saturated carbocycles. The van der Waals surface area contributed by atoms with Gasteiger partial charge in [0.05, 0.1) is 0 Å². The summed E-state index contributed by atoms with van der Waals surface area (Å²) in [5.41, 5.74) is 2.94. The fourth-order valence-electron chi connectivity index (χ4n) is 3.33. The summed E-state index contributed by atoms with van der Waals surface area (Å²) in [5.74, 6) is 0. The Hall–Kier alpha value is -0.570. The molecule has 0 atom stereocenters. The molecule has 142 valence electrons. The van der Waals surface area contributed by atoms with Gasteiger partial charge in [-0.25, -0.2) is 0 Å². The standard InChI is InChI=1S/C22H38B2P2/c1-21(2,3)25(7,23)19-15-11-9-13-17(19)18-14-10-12-16-20(18)26(8,24)22(4,5)6/h9-16,25-26H,23-24H2,1-8H3. The molecule has 0 aliphatic heterocycles. The van der Waals surface area contributed by atoms with E-state index in [1.807, 2.05) is 0 Å². The average molecular weight is 386 g/mol. The Morgan fingerprint density at radius 2 is 0.846 bits per heavy atom. The molecule has 0 saturated heterocycles. The molecule has 0 N–H and O–H groups in total. The molecule has 0 aliphatic carbocycles. The fourth-order valence-corrected chi connectivity index (χ4v) is 7.76. The van der Waals surface area contributed by atoms with Crippen LogP contribution in [0.15, 0.2) is 48.5 Å². The first-order valence-corrected chi connectivity index (χ1v) is 15.9. The molecule has 2 aromatic rings. The third kappa shape index (κ3) is 3.84. The van der Waals surface area contributed by atoms with Crippen molar-refractivity contribution in [3.05, 3.63) is 48.5 Å². The van der Waals surface area contributed by atoms with Crippen LogP contribution in [0.4, 0.5) is 0 Å². The van der Waals surface area contributed by atoms with Crippen LogP contribution in [0.5, 0.6) is 0 Å². The Morgan fingerprint density at radius 1 is 0.577 bits per heavy atom. The molecule has 0 aromatic heterocycles. The van der Waals surface area contributed by atoms with Crippen LogP contribution in [-0.2, 0) is 0 Å². The third-order valence-corrected chi connectivity index (χ3v) is 18.3. The van der Waals surface area contributed by atoms with E-state index in [1.54, 1.807) is 10.6 Å². The number of rotatable bonds is 3. The van der Waals surface area contributed by atoms with Gasteiger partial charge >= 0.3 is 165 Å². The fraction of sp³-hybridized carbons (Fsp3) is 0.455. The number of hydrogen-bond acceptors (Lipinski definition) is 0. The van der Waals surface area contributed by atoms with Gasteiger partial charge in [0.2, 0.25) is 0 Å². The summed E-state index contributed by atoms with van der Waals surface area (Å²) >= 11 is 0. The summed E-state index contributed by atoms with van der Waals surface area (Å²) in [6.45, 7) is 19.5. The molecule has 26 heavy (non-hydrogen) atoms. The normalized spacial score (nSPS) is 14.9. The Balaban J connectivity index is 2.78. The molecular formula is C22H38B2P2. The van der Waals surface area contributed by atoms with Crippen molar-refractivity contribution < 1.29 is 0 Å². The summed E-state index contributed by atoms with van der Waals surface area (Å²) in [7, 11) is 1.82. The van der Waals surface area contributed by atoms with Crippen LogP contribution in [0, 0.1) is 0 Å². The van der Waals surface area contributed by atoms with Gasteiger partial charge in [0.25, 0.3) is 0 Å².